The third kappa shape index (κ3) is 4.02. The molecule has 168 valence electrons. The highest BCUT2D eigenvalue weighted by Crippen LogP contribution is 2.33. The van der Waals surface area contributed by atoms with E-state index in [4.69, 9.17) is 0 Å². The minimum Gasteiger partial charge on any atom is -0.333 e. The Kier molecular flexibility index (Phi) is 5.24. The van der Waals surface area contributed by atoms with Gasteiger partial charge in [-0.05, 0) is 47.9 Å². The molecular formula is C23H17F3N4O2S. The predicted molar refractivity (Wildman–Crippen MR) is 117 cm³/mol. The summed E-state index contributed by atoms with van der Waals surface area (Å²) in [7, 11) is 0. The lowest BCUT2D eigenvalue weighted by Gasteiger charge is -2.27. The highest BCUT2D eigenvalue weighted by Gasteiger charge is 2.31. The van der Waals surface area contributed by atoms with Gasteiger partial charge >= 0.3 is 6.18 Å². The van der Waals surface area contributed by atoms with Crippen LogP contribution in [0.5, 0.6) is 0 Å². The second-order valence-corrected chi connectivity index (χ2v) is 8.86. The van der Waals surface area contributed by atoms with E-state index in [2.05, 4.69) is 9.97 Å². The summed E-state index contributed by atoms with van der Waals surface area (Å²) in [6.45, 7) is 1.02. The topological polar surface area (TPSA) is 68.1 Å². The van der Waals surface area contributed by atoms with Crippen LogP contribution in [-0.2, 0) is 25.7 Å². The maximum Gasteiger partial charge on any atom is 0.416 e. The third-order valence-corrected chi connectivity index (χ3v) is 6.77. The van der Waals surface area contributed by atoms with Gasteiger partial charge in [0.2, 0.25) is 0 Å². The Labute approximate surface area is 189 Å². The third-order valence-electron chi connectivity index (χ3n) is 5.65. The molecule has 0 aliphatic carbocycles. The van der Waals surface area contributed by atoms with Gasteiger partial charge < -0.3 is 4.90 Å². The number of amides is 1. The van der Waals surface area contributed by atoms with Crippen LogP contribution in [0.1, 0.15) is 31.9 Å². The summed E-state index contributed by atoms with van der Waals surface area (Å²) in [5.41, 5.74) is 1.05. The summed E-state index contributed by atoms with van der Waals surface area (Å²) < 4.78 is 39.9. The maximum absolute atomic E-state index is 13.2. The fourth-order valence-corrected chi connectivity index (χ4v) is 5.17. The van der Waals surface area contributed by atoms with Crippen LogP contribution in [0, 0.1) is 0 Å². The van der Waals surface area contributed by atoms with Crippen LogP contribution >= 0.6 is 11.3 Å². The first-order valence-electron chi connectivity index (χ1n) is 10.2. The molecular weight excluding hydrogens is 453 g/mol. The fourth-order valence-electron chi connectivity index (χ4n) is 3.98. The molecule has 1 aliphatic heterocycles. The van der Waals surface area contributed by atoms with Gasteiger partial charge in [0.15, 0.2) is 0 Å². The molecule has 6 nitrogen and oxygen atoms in total. The van der Waals surface area contributed by atoms with Crippen LogP contribution in [0.25, 0.3) is 10.2 Å². The van der Waals surface area contributed by atoms with E-state index < -0.39 is 11.7 Å². The van der Waals surface area contributed by atoms with Crippen molar-refractivity contribution in [3.63, 3.8) is 0 Å². The van der Waals surface area contributed by atoms with Gasteiger partial charge in [0.25, 0.3) is 11.5 Å². The Balaban J connectivity index is 1.41. The van der Waals surface area contributed by atoms with Gasteiger partial charge in [-0.2, -0.15) is 13.2 Å². The van der Waals surface area contributed by atoms with E-state index in [9.17, 15) is 22.8 Å². The summed E-state index contributed by atoms with van der Waals surface area (Å²) in [6.07, 6.45) is 0.918. The molecule has 4 heterocycles. The van der Waals surface area contributed by atoms with E-state index in [-0.39, 0.29) is 23.6 Å². The van der Waals surface area contributed by atoms with E-state index in [1.165, 1.54) is 29.8 Å². The quantitative estimate of drug-likeness (QED) is 0.452. The molecule has 5 rings (SSSR count). The Morgan fingerprint density at radius 1 is 1.15 bits per heavy atom. The molecule has 0 unspecified atom stereocenters. The summed E-state index contributed by atoms with van der Waals surface area (Å²) in [4.78, 5) is 37.6. The lowest BCUT2D eigenvalue weighted by molar-refractivity contribution is -0.137. The molecule has 1 aliphatic rings. The normalized spacial score (nSPS) is 13.8. The lowest BCUT2D eigenvalue weighted by Crippen LogP contribution is -2.35. The second-order valence-electron chi connectivity index (χ2n) is 7.77. The highest BCUT2D eigenvalue weighted by molar-refractivity contribution is 7.18. The number of nitrogens with zero attached hydrogens (tertiary/aromatic N) is 4. The number of rotatable bonds is 3. The number of aromatic nitrogens is 3. The van der Waals surface area contributed by atoms with Crippen LogP contribution in [0.2, 0.25) is 0 Å². The molecule has 10 heteroatoms. The summed E-state index contributed by atoms with van der Waals surface area (Å²) in [5.74, 6) is -0.339. The Morgan fingerprint density at radius 3 is 2.64 bits per heavy atom. The summed E-state index contributed by atoms with van der Waals surface area (Å²) in [6, 6.07) is 7.92. The van der Waals surface area contributed by atoms with Gasteiger partial charge in [-0.3, -0.25) is 19.1 Å². The number of carbonyl (C=O) groups excluding carboxylic acids is 1. The van der Waals surface area contributed by atoms with Gasteiger partial charge in [-0.1, -0.05) is 6.07 Å². The van der Waals surface area contributed by atoms with Gasteiger partial charge in [0, 0.05) is 29.4 Å². The van der Waals surface area contributed by atoms with Crippen LogP contribution in [0.15, 0.2) is 59.9 Å². The zero-order valence-corrected chi connectivity index (χ0v) is 18.0. The average molecular weight is 470 g/mol. The number of thiophene rings is 1. The number of carbonyl (C=O) groups is 1. The van der Waals surface area contributed by atoms with E-state index in [0.717, 1.165) is 28.1 Å². The van der Waals surface area contributed by atoms with Crippen LogP contribution in [0.3, 0.4) is 0 Å². The van der Waals surface area contributed by atoms with Crippen LogP contribution < -0.4 is 5.56 Å². The van der Waals surface area contributed by atoms with Crippen molar-refractivity contribution in [2.45, 2.75) is 25.7 Å². The Hall–Kier alpha value is -3.53. The molecule has 3 aromatic heterocycles. The number of hydrogen-bond acceptors (Lipinski definition) is 5. The maximum atomic E-state index is 13.2. The molecule has 0 spiro atoms. The SMILES string of the molecule is O=C(c1ccc(C(F)(F)F)cc1)N1CCc2c(sc3ncn(Cc4cccnc4)c(=O)c23)C1. The zero-order chi connectivity index (χ0) is 23.2. The van der Waals surface area contributed by atoms with Gasteiger partial charge in [0.1, 0.15) is 4.83 Å². The van der Waals surface area contributed by atoms with Crippen LogP contribution in [-0.4, -0.2) is 31.9 Å². The lowest BCUT2D eigenvalue weighted by atomic mass is 10.0. The van der Waals surface area contributed by atoms with E-state index in [1.54, 1.807) is 27.9 Å². The molecule has 0 saturated carbocycles. The zero-order valence-electron chi connectivity index (χ0n) is 17.2. The molecule has 0 fully saturated rings. The number of pyridine rings is 1. The van der Waals surface area contributed by atoms with Crippen molar-refractivity contribution >= 4 is 27.5 Å². The van der Waals surface area contributed by atoms with Crippen molar-refractivity contribution < 1.29 is 18.0 Å². The first-order chi connectivity index (χ1) is 15.8. The smallest absolute Gasteiger partial charge is 0.333 e. The van der Waals surface area contributed by atoms with Crippen molar-refractivity contribution in [2.24, 2.45) is 0 Å². The predicted octanol–water partition coefficient (Wildman–Crippen LogP) is 4.12. The van der Waals surface area contributed by atoms with Gasteiger partial charge in [-0.25, -0.2) is 4.98 Å². The van der Waals surface area contributed by atoms with E-state index in [0.29, 0.717) is 29.7 Å². The monoisotopic (exact) mass is 470 g/mol. The van der Waals surface area contributed by atoms with Gasteiger partial charge in [-0.15, -0.1) is 11.3 Å². The molecule has 4 aromatic rings. The number of alkyl halides is 3. The number of halogens is 3. The second kappa shape index (κ2) is 8.11. The van der Waals surface area contributed by atoms with E-state index >= 15 is 0 Å². The van der Waals surface area contributed by atoms with Crippen LogP contribution in [0.4, 0.5) is 13.2 Å². The molecule has 0 N–H and O–H groups in total. The Bertz CT molecular complexity index is 1400. The van der Waals surface area contributed by atoms with Crippen molar-refractivity contribution in [3.8, 4) is 0 Å². The molecule has 1 amide bonds. The first-order valence-corrected chi connectivity index (χ1v) is 11.0. The molecule has 0 saturated heterocycles. The highest BCUT2D eigenvalue weighted by atomic mass is 32.1. The summed E-state index contributed by atoms with van der Waals surface area (Å²) >= 11 is 1.37. The fraction of sp³-hybridized carbons (Fsp3) is 0.217. The Morgan fingerprint density at radius 2 is 1.94 bits per heavy atom. The number of fused-ring (bicyclic) bond motifs is 3. The molecule has 33 heavy (non-hydrogen) atoms. The van der Waals surface area contributed by atoms with Crippen molar-refractivity contribution in [1.82, 2.24) is 19.4 Å². The molecule has 0 bridgehead atoms. The first kappa shape index (κ1) is 21.3. The average Bonchev–Trinajstić information content (AvgIpc) is 3.19. The largest absolute Gasteiger partial charge is 0.416 e. The van der Waals surface area contributed by atoms with Gasteiger partial charge in [0.05, 0.1) is 30.4 Å². The van der Waals surface area contributed by atoms with Crippen molar-refractivity contribution in [1.29, 1.82) is 0 Å². The minimum atomic E-state index is -4.45. The van der Waals surface area contributed by atoms with Crippen molar-refractivity contribution in [2.75, 3.05) is 6.54 Å². The molecule has 0 radical (unpaired) electrons. The number of benzene rings is 1. The minimum absolute atomic E-state index is 0.135. The van der Waals surface area contributed by atoms with E-state index in [1.807, 2.05) is 6.07 Å². The number of hydrogen-bond donors (Lipinski definition) is 0. The molecule has 1 aromatic carbocycles. The summed E-state index contributed by atoms with van der Waals surface area (Å²) in [5, 5.41) is 0.572. The standard InChI is InChI=1S/C23H17F3N4O2S/c24-23(25,26)16-5-3-15(4-6-16)21(31)29-9-7-17-18(12-29)33-20-19(17)22(32)30(13-28-20)11-14-2-1-8-27-10-14/h1-6,8,10,13H,7,9,11-12H2. The van der Waals surface area contributed by atoms with Crippen molar-refractivity contribution in [3.05, 3.63) is 92.6 Å². The molecule has 0 atom stereocenters.